The van der Waals surface area contributed by atoms with E-state index in [1.54, 1.807) is 12.4 Å². The second-order valence-corrected chi connectivity index (χ2v) is 8.80. The maximum absolute atomic E-state index is 13.2. The van der Waals surface area contributed by atoms with Crippen LogP contribution in [-0.2, 0) is 9.53 Å². The first-order chi connectivity index (χ1) is 17.0. The lowest BCUT2D eigenvalue weighted by Gasteiger charge is -2.28. The normalized spacial score (nSPS) is 15.7. The van der Waals surface area contributed by atoms with Gasteiger partial charge < -0.3 is 10.1 Å². The number of hydrogen-bond acceptors (Lipinski definition) is 5. The number of benzene rings is 2. The SMILES string of the molecule is CCOC(=O)C1=C(c2ccc(-n3c(C)nc4cnccc43)cc2)NC(C)=CC1c1ccccc1Cl. The van der Waals surface area contributed by atoms with E-state index in [1.165, 1.54) is 0 Å². The number of aryl methyl sites for hydroxylation is 1. The third-order valence-electron chi connectivity index (χ3n) is 6.09. The van der Waals surface area contributed by atoms with Crippen molar-refractivity contribution in [1.29, 1.82) is 0 Å². The Balaban J connectivity index is 1.63. The molecule has 5 rings (SSSR count). The van der Waals surface area contributed by atoms with Crippen LogP contribution >= 0.6 is 11.6 Å². The lowest BCUT2D eigenvalue weighted by Crippen LogP contribution is -2.26. The zero-order valence-corrected chi connectivity index (χ0v) is 20.5. The van der Waals surface area contributed by atoms with Crippen LogP contribution in [0.1, 0.15) is 36.7 Å². The number of hydrogen-bond donors (Lipinski definition) is 1. The summed E-state index contributed by atoms with van der Waals surface area (Å²) < 4.78 is 7.57. The fraction of sp³-hybridized carbons (Fsp3) is 0.179. The number of nitrogens with zero attached hydrogens (tertiary/aromatic N) is 3. The summed E-state index contributed by atoms with van der Waals surface area (Å²) in [5.74, 6) is 0.184. The molecule has 1 aliphatic rings. The minimum atomic E-state index is -0.364. The minimum Gasteiger partial charge on any atom is -0.463 e. The Morgan fingerprint density at radius 1 is 1.11 bits per heavy atom. The molecule has 0 bridgehead atoms. The van der Waals surface area contributed by atoms with E-state index in [0.717, 1.165) is 45.1 Å². The van der Waals surface area contributed by atoms with Crippen molar-refractivity contribution in [1.82, 2.24) is 19.9 Å². The molecule has 7 heteroatoms. The van der Waals surface area contributed by atoms with Crippen LogP contribution in [0.5, 0.6) is 0 Å². The number of carbonyl (C=O) groups excluding carboxylic acids is 1. The summed E-state index contributed by atoms with van der Waals surface area (Å²) in [4.78, 5) is 22.0. The average Bonchev–Trinajstić information content (AvgIpc) is 3.19. The summed E-state index contributed by atoms with van der Waals surface area (Å²) in [6, 6.07) is 17.6. The molecule has 2 aromatic carbocycles. The first-order valence-electron chi connectivity index (χ1n) is 11.5. The third kappa shape index (κ3) is 4.21. The zero-order valence-electron chi connectivity index (χ0n) is 19.7. The quantitative estimate of drug-likeness (QED) is 0.354. The molecule has 35 heavy (non-hydrogen) atoms. The second kappa shape index (κ2) is 9.39. The van der Waals surface area contributed by atoms with E-state index < -0.39 is 0 Å². The van der Waals surface area contributed by atoms with Crippen molar-refractivity contribution in [2.24, 2.45) is 0 Å². The molecule has 4 aromatic rings. The highest BCUT2D eigenvalue weighted by Gasteiger charge is 2.31. The molecule has 0 spiro atoms. The van der Waals surface area contributed by atoms with Crippen molar-refractivity contribution in [3.63, 3.8) is 0 Å². The molecule has 1 unspecified atom stereocenters. The van der Waals surface area contributed by atoms with Crippen LogP contribution in [0, 0.1) is 6.92 Å². The molecule has 0 aliphatic carbocycles. The van der Waals surface area contributed by atoms with Crippen LogP contribution in [-0.4, -0.2) is 27.1 Å². The predicted octanol–water partition coefficient (Wildman–Crippen LogP) is 5.95. The van der Waals surface area contributed by atoms with Gasteiger partial charge in [0.15, 0.2) is 0 Å². The third-order valence-corrected chi connectivity index (χ3v) is 6.44. The van der Waals surface area contributed by atoms with E-state index in [9.17, 15) is 4.79 Å². The molecule has 0 saturated heterocycles. The van der Waals surface area contributed by atoms with E-state index in [2.05, 4.69) is 19.9 Å². The number of fused-ring (bicyclic) bond motifs is 1. The summed E-state index contributed by atoms with van der Waals surface area (Å²) in [5, 5.41) is 4.01. The van der Waals surface area contributed by atoms with Gasteiger partial charge in [-0.25, -0.2) is 9.78 Å². The van der Waals surface area contributed by atoms with Crippen LogP contribution < -0.4 is 5.32 Å². The first kappa shape index (κ1) is 22.9. The van der Waals surface area contributed by atoms with Crippen molar-refractivity contribution < 1.29 is 9.53 Å². The molecule has 2 aromatic heterocycles. The predicted molar refractivity (Wildman–Crippen MR) is 138 cm³/mol. The number of imidazole rings is 1. The highest BCUT2D eigenvalue weighted by Crippen LogP contribution is 2.39. The number of allylic oxidation sites excluding steroid dienone is 2. The van der Waals surface area contributed by atoms with Crippen LogP contribution in [0.2, 0.25) is 5.02 Å². The summed E-state index contributed by atoms with van der Waals surface area (Å²) in [6.07, 6.45) is 5.54. The Bertz CT molecular complexity index is 1480. The van der Waals surface area contributed by atoms with Crippen LogP contribution in [0.15, 0.2) is 84.3 Å². The lowest BCUT2D eigenvalue weighted by atomic mass is 9.85. The van der Waals surface area contributed by atoms with Gasteiger partial charge in [0.05, 0.1) is 29.6 Å². The van der Waals surface area contributed by atoms with Gasteiger partial charge in [0.1, 0.15) is 11.3 Å². The van der Waals surface area contributed by atoms with Crippen LogP contribution in [0.4, 0.5) is 0 Å². The molecule has 1 aliphatic heterocycles. The number of carbonyl (C=O) groups is 1. The van der Waals surface area contributed by atoms with E-state index in [-0.39, 0.29) is 18.5 Å². The van der Waals surface area contributed by atoms with Gasteiger partial charge in [-0.05, 0) is 56.2 Å². The molecule has 0 radical (unpaired) electrons. The van der Waals surface area contributed by atoms with Gasteiger partial charge in [-0.2, -0.15) is 0 Å². The van der Waals surface area contributed by atoms with Crippen molar-refractivity contribution in [2.75, 3.05) is 6.61 Å². The van der Waals surface area contributed by atoms with Crippen LogP contribution in [0.3, 0.4) is 0 Å². The van der Waals surface area contributed by atoms with Crippen molar-refractivity contribution in [2.45, 2.75) is 26.7 Å². The Labute approximate surface area is 208 Å². The van der Waals surface area contributed by atoms with E-state index in [4.69, 9.17) is 16.3 Å². The highest BCUT2D eigenvalue weighted by molar-refractivity contribution is 6.31. The van der Waals surface area contributed by atoms with Gasteiger partial charge in [0.25, 0.3) is 0 Å². The van der Waals surface area contributed by atoms with Gasteiger partial charge in [-0.15, -0.1) is 0 Å². The fourth-order valence-corrected chi connectivity index (χ4v) is 4.84. The second-order valence-electron chi connectivity index (χ2n) is 8.39. The molecular weight excluding hydrogens is 460 g/mol. The van der Waals surface area contributed by atoms with Gasteiger partial charge in [-0.3, -0.25) is 9.55 Å². The average molecular weight is 485 g/mol. The topological polar surface area (TPSA) is 69.0 Å². The Morgan fingerprint density at radius 2 is 1.89 bits per heavy atom. The van der Waals surface area contributed by atoms with Crippen LogP contribution in [0.25, 0.3) is 22.4 Å². The fourth-order valence-electron chi connectivity index (χ4n) is 4.59. The standard InChI is InChI=1S/C28H25ClN4O2/c1-4-35-28(34)26-22(21-7-5-6-8-23(21)29)15-17(2)31-27(26)19-9-11-20(12-10-19)33-18(3)32-24-16-30-14-13-25(24)33/h5-16,22,31H,4H2,1-3H3. The summed E-state index contributed by atoms with van der Waals surface area (Å²) >= 11 is 6.55. The Kier molecular flexibility index (Phi) is 6.14. The number of ether oxygens (including phenoxy) is 1. The highest BCUT2D eigenvalue weighted by atomic mass is 35.5. The van der Waals surface area contributed by atoms with Crippen molar-refractivity contribution in [3.8, 4) is 5.69 Å². The number of pyridine rings is 1. The number of aromatic nitrogens is 3. The molecule has 3 heterocycles. The molecule has 176 valence electrons. The van der Waals surface area contributed by atoms with Gasteiger partial charge in [0, 0.05) is 28.5 Å². The van der Waals surface area contributed by atoms with E-state index >= 15 is 0 Å². The van der Waals surface area contributed by atoms with Crippen molar-refractivity contribution >= 4 is 34.3 Å². The molecule has 0 amide bonds. The monoisotopic (exact) mass is 484 g/mol. The number of esters is 1. The molecule has 0 fully saturated rings. The molecule has 6 nitrogen and oxygen atoms in total. The number of dihydropyridines is 1. The summed E-state index contributed by atoms with van der Waals surface area (Å²) in [5.41, 5.74) is 6.75. The summed E-state index contributed by atoms with van der Waals surface area (Å²) in [7, 11) is 0. The van der Waals surface area contributed by atoms with Gasteiger partial charge in [-0.1, -0.05) is 48.0 Å². The van der Waals surface area contributed by atoms with E-state index in [1.807, 2.05) is 81.4 Å². The Hall–Kier alpha value is -3.90. The Morgan fingerprint density at radius 3 is 2.63 bits per heavy atom. The first-order valence-corrected chi connectivity index (χ1v) is 11.9. The van der Waals surface area contributed by atoms with Gasteiger partial charge >= 0.3 is 5.97 Å². The smallest absolute Gasteiger partial charge is 0.337 e. The number of rotatable bonds is 5. The zero-order chi connectivity index (χ0) is 24.5. The largest absolute Gasteiger partial charge is 0.463 e. The molecule has 0 saturated carbocycles. The van der Waals surface area contributed by atoms with Crippen molar-refractivity contribution in [3.05, 3.63) is 106 Å². The maximum atomic E-state index is 13.2. The van der Waals surface area contributed by atoms with Gasteiger partial charge in [0.2, 0.25) is 0 Å². The minimum absolute atomic E-state index is 0.286. The number of nitrogens with one attached hydrogen (secondary N) is 1. The maximum Gasteiger partial charge on any atom is 0.337 e. The lowest BCUT2D eigenvalue weighted by molar-refractivity contribution is -0.138. The number of halogens is 1. The van der Waals surface area contributed by atoms with E-state index in [0.29, 0.717) is 10.6 Å². The summed E-state index contributed by atoms with van der Waals surface area (Å²) in [6.45, 7) is 6.05. The molecule has 1 atom stereocenters. The molecule has 1 N–H and O–H groups in total. The molecular formula is C28H25ClN4O2.